The number of ether oxygens (including phenoxy) is 2. The van der Waals surface area contributed by atoms with Crippen LogP contribution in [0, 0.1) is 0 Å². The van der Waals surface area contributed by atoms with Gasteiger partial charge in [-0.25, -0.2) is 0 Å². The molecule has 0 saturated carbocycles. The van der Waals surface area contributed by atoms with Crippen molar-refractivity contribution in [2.75, 3.05) is 0 Å². The molecule has 4 bridgehead atoms. The summed E-state index contributed by atoms with van der Waals surface area (Å²) in [6.45, 7) is 7.15. The highest BCUT2D eigenvalue weighted by Gasteiger charge is 2.44. The molecule has 0 saturated heterocycles. The van der Waals surface area contributed by atoms with E-state index in [4.69, 9.17) is 9.47 Å². The average Bonchev–Trinajstić information content (AvgIpc) is 2.79. The van der Waals surface area contributed by atoms with Gasteiger partial charge in [0.1, 0.15) is 23.0 Å². The Morgan fingerprint density at radius 3 is 1.40 bits per heavy atom. The molecule has 0 amide bonds. The second kappa shape index (κ2) is 9.90. The Labute approximate surface area is 203 Å². The quantitative estimate of drug-likeness (QED) is 0.357. The molecule has 35 heavy (non-hydrogen) atoms. The first-order valence-electron chi connectivity index (χ1n) is 11.5. The van der Waals surface area contributed by atoms with Crippen LogP contribution in [0.4, 0.5) is 0 Å². The number of hydrogen-bond donors (Lipinski definition) is 2. The molecule has 0 unspecified atom stereocenters. The Hall–Kier alpha value is -3.68. The van der Waals surface area contributed by atoms with Gasteiger partial charge in [0, 0.05) is 34.8 Å². The third kappa shape index (κ3) is 5.06. The number of esters is 2. The van der Waals surface area contributed by atoms with Gasteiger partial charge in [-0.05, 0) is 37.1 Å². The van der Waals surface area contributed by atoms with Crippen molar-refractivity contribution in [3.8, 4) is 23.0 Å². The molecule has 8 heteroatoms. The van der Waals surface area contributed by atoms with E-state index in [0.717, 1.165) is 0 Å². The van der Waals surface area contributed by atoms with Crippen LogP contribution in [0.3, 0.4) is 0 Å². The van der Waals surface area contributed by atoms with E-state index in [2.05, 4.69) is 0 Å². The number of rotatable bonds is 2. The van der Waals surface area contributed by atoms with E-state index in [0.29, 0.717) is 43.0 Å². The van der Waals surface area contributed by atoms with Crippen LogP contribution in [0.15, 0.2) is 24.3 Å². The molecule has 2 aromatic carbocycles. The predicted molar refractivity (Wildman–Crippen MR) is 127 cm³/mol. The summed E-state index contributed by atoms with van der Waals surface area (Å²) in [6.07, 6.45) is 2.77. The highest BCUT2D eigenvalue weighted by molar-refractivity contribution is 5.84. The third-order valence-corrected chi connectivity index (χ3v) is 7.11. The van der Waals surface area contributed by atoms with Crippen LogP contribution >= 0.6 is 0 Å². The van der Waals surface area contributed by atoms with Crippen molar-refractivity contribution in [3.63, 3.8) is 0 Å². The molecular weight excluding hydrogens is 452 g/mol. The Bertz CT molecular complexity index is 1080. The normalized spacial score (nSPS) is 18.1. The maximum atomic E-state index is 12.4. The molecular formula is C27H30O8. The maximum absolute atomic E-state index is 12.4. The molecule has 1 heterocycles. The third-order valence-electron chi connectivity index (χ3n) is 7.11. The Balaban J connectivity index is 2.27. The SMILES string of the molecule is CC1(C)c2cc(cc(C=O)c2O)OC(=O)CCCCCC(=O)Oc2cc(C=O)c(O)c(c2)C1(C)C. The minimum atomic E-state index is -0.995. The van der Waals surface area contributed by atoms with Crippen LogP contribution in [0.2, 0.25) is 0 Å². The van der Waals surface area contributed by atoms with Crippen LogP contribution in [0.1, 0.15) is 91.6 Å². The van der Waals surface area contributed by atoms with Crippen LogP contribution in [0.5, 0.6) is 23.0 Å². The zero-order valence-electron chi connectivity index (χ0n) is 20.3. The fraction of sp³-hybridized carbons (Fsp3) is 0.407. The Morgan fingerprint density at radius 2 is 1.06 bits per heavy atom. The van der Waals surface area contributed by atoms with E-state index >= 15 is 0 Å². The largest absolute Gasteiger partial charge is 0.507 e. The van der Waals surface area contributed by atoms with Gasteiger partial charge in [-0.3, -0.25) is 19.2 Å². The maximum Gasteiger partial charge on any atom is 0.311 e. The van der Waals surface area contributed by atoms with E-state index in [9.17, 15) is 29.4 Å². The number of carbonyl (C=O) groups excluding carboxylic acids is 4. The second-order valence-electron chi connectivity index (χ2n) is 9.81. The average molecular weight is 483 g/mol. The zero-order chi connectivity index (χ0) is 26.0. The van der Waals surface area contributed by atoms with Gasteiger partial charge in [0.15, 0.2) is 12.6 Å². The van der Waals surface area contributed by atoms with Crippen LogP contribution in [-0.4, -0.2) is 34.7 Å². The number of phenols is 2. The van der Waals surface area contributed by atoms with E-state index in [1.807, 2.05) is 0 Å². The fourth-order valence-corrected chi connectivity index (χ4v) is 4.26. The molecule has 0 radical (unpaired) electrons. The summed E-state index contributed by atoms with van der Waals surface area (Å²) in [4.78, 5) is 48.2. The Kier molecular flexibility index (Phi) is 7.33. The number of benzene rings is 2. The van der Waals surface area contributed by atoms with Crippen molar-refractivity contribution < 1.29 is 38.9 Å². The first-order valence-corrected chi connectivity index (χ1v) is 11.5. The number of aromatic hydroxyl groups is 2. The number of fused-ring (bicyclic) bond motifs is 4. The molecule has 0 spiro atoms. The summed E-state index contributed by atoms with van der Waals surface area (Å²) in [5, 5.41) is 21.9. The molecule has 1 aliphatic rings. The van der Waals surface area contributed by atoms with E-state index < -0.39 is 22.8 Å². The molecule has 0 fully saturated rings. The van der Waals surface area contributed by atoms with Gasteiger partial charge in [-0.1, -0.05) is 34.1 Å². The van der Waals surface area contributed by atoms with Crippen LogP contribution in [0.25, 0.3) is 0 Å². The summed E-state index contributed by atoms with van der Waals surface area (Å²) in [5.74, 6) is -1.34. The van der Waals surface area contributed by atoms with Crippen LogP contribution in [-0.2, 0) is 20.4 Å². The topological polar surface area (TPSA) is 127 Å². The monoisotopic (exact) mass is 482 g/mol. The fourth-order valence-electron chi connectivity index (χ4n) is 4.26. The van der Waals surface area contributed by atoms with Gasteiger partial charge >= 0.3 is 11.9 Å². The zero-order valence-corrected chi connectivity index (χ0v) is 20.3. The number of phenolic OH excluding ortho intramolecular Hbond substituents is 2. The first kappa shape index (κ1) is 25.9. The standard InChI is InChI=1S/C27H30O8/c1-26(2)20-12-18(10-16(14-28)24(20)32)34-22(30)8-6-5-7-9-23(31)35-19-11-17(15-29)25(33)21(13-19)27(26,3)4/h10-15,32-33H,5-9H2,1-4H3. The molecule has 0 atom stereocenters. The lowest BCUT2D eigenvalue weighted by Gasteiger charge is -2.43. The van der Waals surface area contributed by atoms with Gasteiger partial charge < -0.3 is 19.7 Å². The van der Waals surface area contributed by atoms with Crippen molar-refractivity contribution in [1.82, 2.24) is 0 Å². The summed E-state index contributed by atoms with van der Waals surface area (Å²) in [5.41, 5.74) is -1.49. The van der Waals surface area contributed by atoms with Gasteiger partial charge in [0.2, 0.25) is 0 Å². The molecule has 186 valence electrons. The van der Waals surface area contributed by atoms with Gasteiger partial charge in [-0.15, -0.1) is 0 Å². The summed E-state index contributed by atoms with van der Waals surface area (Å²) >= 11 is 0. The van der Waals surface area contributed by atoms with Crippen molar-refractivity contribution in [3.05, 3.63) is 46.5 Å². The number of carbonyl (C=O) groups is 4. The van der Waals surface area contributed by atoms with Gasteiger partial charge in [0.25, 0.3) is 0 Å². The minimum absolute atomic E-state index is 0.0485. The highest BCUT2D eigenvalue weighted by Crippen LogP contribution is 2.51. The molecule has 2 aromatic rings. The van der Waals surface area contributed by atoms with Crippen molar-refractivity contribution >= 4 is 24.5 Å². The summed E-state index contributed by atoms with van der Waals surface area (Å²) in [6, 6.07) is 5.61. The van der Waals surface area contributed by atoms with Crippen molar-refractivity contribution in [2.24, 2.45) is 0 Å². The lowest BCUT2D eigenvalue weighted by atomic mass is 9.60. The van der Waals surface area contributed by atoms with Crippen LogP contribution < -0.4 is 9.47 Å². The highest BCUT2D eigenvalue weighted by atomic mass is 16.5. The van der Waals surface area contributed by atoms with E-state index in [1.54, 1.807) is 27.7 Å². The molecule has 0 aliphatic carbocycles. The smallest absolute Gasteiger partial charge is 0.311 e. The number of hydrogen-bond acceptors (Lipinski definition) is 8. The first-order chi connectivity index (χ1) is 16.4. The minimum Gasteiger partial charge on any atom is -0.507 e. The lowest BCUT2D eigenvalue weighted by molar-refractivity contribution is -0.134. The van der Waals surface area contributed by atoms with Gasteiger partial charge in [-0.2, -0.15) is 0 Å². The van der Waals surface area contributed by atoms with Crippen molar-refractivity contribution in [1.29, 1.82) is 0 Å². The number of aldehydes is 2. The Morgan fingerprint density at radius 1 is 0.686 bits per heavy atom. The molecule has 3 rings (SSSR count). The van der Waals surface area contributed by atoms with Crippen molar-refractivity contribution in [2.45, 2.75) is 70.6 Å². The summed E-state index contributed by atoms with van der Waals surface area (Å²) in [7, 11) is 0. The van der Waals surface area contributed by atoms with E-state index in [-0.39, 0.29) is 47.0 Å². The molecule has 0 aromatic heterocycles. The predicted octanol–water partition coefficient (Wildman–Crippen LogP) is 4.75. The lowest BCUT2D eigenvalue weighted by Crippen LogP contribution is -2.40. The van der Waals surface area contributed by atoms with Gasteiger partial charge in [0.05, 0.1) is 11.1 Å². The van der Waals surface area contributed by atoms with E-state index in [1.165, 1.54) is 24.3 Å². The molecule has 1 aliphatic heterocycles. The summed E-state index contributed by atoms with van der Waals surface area (Å²) < 4.78 is 10.9. The molecule has 8 nitrogen and oxygen atoms in total. The molecule has 2 N–H and O–H groups in total. The second-order valence-corrected chi connectivity index (χ2v) is 9.81.